The summed E-state index contributed by atoms with van der Waals surface area (Å²) in [5.41, 5.74) is 1.34. The van der Waals surface area contributed by atoms with Gasteiger partial charge in [0.05, 0.1) is 6.04 Å². The van der Waals surface area contributed by atoms with E-state index in [9.17, 15) is 14.4 Å². The lowest BCUT2D eigenvalue weighted by molar-refractivity contribution is -0.134. The molecule has 2 aliphatic heterocycles. The molecule has 2 aromatic heterocycles. The van der Waals surface area contributed by atoms with Crippen molar-refractivity contribution >= 4 is 17.8 Å². The molecule has 0 unspecified atom stereocenters. The Balaban J connectivity index is 0.000000709. The van der Waals surface area contributed by atoms with Gasteiger partial charge in [-0.2, -0.15) is 0 Å². The predicted octanol–water partition coefficient (Wildman–Crippen LogP) is 2.05. The van der Waals surface area contributed by atoms with Crippen molar-refractivity contribution in [1.82, 2.24) is 19.8 Å². The molecule has 2 aliphatic rings. The minimum Gasteiger partial charge on any atom is -0.481 e. The molecule has 4 heterocycles. The number of likely N-dealkylation sites (tertiary alicyclic amines) is 1. The molecule has 9 heteroatoms. The number of aliphatic carboxylic acids is 1. The monoisotopic (exact) mass is 454 g/mol. The van der Waals surface area contributed by atoms with Crippen molar-refractivity contribution in [2.24, 2.45) is 5.92 Å². The molecule has 0 aromatic carbocycles. The van der Waals surface area contributed by atoms with Crippen molar-refractivity contribution in [3.8, 4) is 0 Å². The smallest absolute Gasteiger partial charge is 0.300 e. The lowest BCUT2D eigenvalue weighted by Gasteiger charge is -2.47. The highest BCUT2D eigenvalue weighted by Crippen LogP contribution is 2.41. The number of aromatic nitrogens is 2. The molecule has 0 radical (unpaired) electrons. The number of carbonyl (C=O) groups is 3. The maximum absolute atomic E-state index is 13.0. The minimum atomic E-state index is -0.833. The van der Waals surface area contributed by atoms with Crippen molar-refractivity contribution in [2.75, 3.05) is 19.6 Å². The molecule has 2 aromatic rings. The molecular formula is C24H30N4O5. The highest BCUT2D eigenvalue weighted by atomic mass is 16.4. The van der Waals surface area contributed by atoms with E-state index >= 15 is 0 Å². The number of amides is 2. The Bertz CT molecular complexity index is 1050. The second-order valence-electron chi connectivity index (χ2n) is 8.42. The van der Waals surface area contributed by atoms with Crippen molar-refractivity contribution in [1.29, 1.82) is 0 Å². The first-order valence-corrected chi connectivity index (χ1v) is 11.2. The Morgan fingerprint density at radius 3 is 2.58 bits per heavy atom. The van der Waals surface area contributed by atoms with Gasteiger partial charge >= 0.3 is 0 Å². The predicted molar refractivity (Wildman–Crippen MR) is 122 cm³/mol. The number of nitrogens with zero attached hydrogens (tertiary/aromatic N) is 3. The number of piperidine rings is 1. The molecule has 2 N–H and O–H groups in total. The van der Waals surface area contributed by atoms with E-state index in [0.717, 1.165) is 25.5 Å². The van der Waals surface area contributed by atoms with Crippen LogP contribution in [0.5, 0.6) is 0 Å². The molecule has 1 saturated heterocycles. The molecule has 9 nitrogen and oxygen atoms in total. The number of hydrogen-bond donors (Lipinski definition) is 2. The second kappa shape index (κ2) is 10.9. The maximum Gasteiger partial charge on any atom is 0.300 e. The van der Waals surface area contributed by atoms with E-state index in [2.05, 4.69) is 10.3 Å². The van der Waals surface area contributed by atoms with Gasteiger partial charge in [0.1, 0.15) is 5.69 Å². The van der Waals surface area contributed by atoms with Gasteiger partial charge in [0.25, 0.3) is 17.4 Å². The van der Waals surface area contributed by atoms with Crippen LogP contribution in [0.25, 0.3) is 0 Å². The van der Waals surface area contributed by atoms with Crippen molar-refractivity contribution < 1.29 is 19.5 Å². The van der Waals surface area contributed by atoms with Crippen LogP contribution in [0.15, 0.2) is 47.4 Å². The first-order chi connectivity index (χ1) is 15.8. The molecule has 0 aliphatic carbocycles. The number of fused-ring (bicyclic) bond motifs is 4. The Labute approximate surface area is 192 Å². The summed E-state index contributed by atoms with van der Waals surface area (Å²) in [6.45, 7) is 4.58. The molecular weight excluding hydrogens is 424 g/mol. The molecule has 4 rings (SSSR count). The average Bonchev–Trinajstić information content (AvgIpc) is 2.79. The Morgan fingerprint density at radius 2 is 1.91 bits per heavy atom. The molecule has 2 amide bonds. The van der Waals surface area contributed by atoms with Crippen LogP contribution in [-0.2, 0) is 9.59 Å². The fourth-order valence-corrected chi connectivity index (χ4v) is 4.66. The van der Waals surface area contributed by atoms with E-state index in [-0.39, 0.29) is 35.3 Å². The zero-order chi connectivity index (χ0) is 24.0. The highest BCUT2D eigenvalue weighted by Gasteiger charge is 2.42. The van der Waals surface area contributed by atoms with Crippen molar-refractivity contribution in [3.63, 3.8) is 0 Å². The third kappa shape index (κ3) is 5.85. The lowest BCUT2D eigenvalue weighted by Crippen LogP contribution is -2.53. The van der Waals surface area contributed by atoms with Crippen LogP contribution >= 0.6 is 0 Å². The number of rotatable bonds is 5. The maximum atomic E-state index is 13.0. The van der Waals surface area contributed by atoms with Crippen molar-refractivity contribution in [3.05, 3.63) is 64.3 Å². The van der Waals surface area contributed by atoms with Crippen LogP contribution < -0.4 is 10.9 Å². The number of pyridine rings is 2. The van der Waals surface area contributed by atoms with Crippen LogP contribution in [0.3, 0.4) is 0 Å². The second-order valence-corrected chi connectivity index (χ2v) is 8.42. The van der Waals surface area contributed by atoms with Gasteiger partial charge in [-0.3, -0.25) is 24.2 Å². The third-order valence-electron chi connectivity index (χ3n) is 5.96. The van der Waals surface area contributed by atoms with Crippen LogP contribution in [0.2, 0.25) is 0 Å². The molecule has 1 fully saturated rings. The largest absolute Gasteiger partial charge is 0.481 e. The van der Waals surface area contributed by atoms with E-state index in [4.69, 9.17) is 9.90 Å². The third-order valence-corrected chi connectivity index (χ3v) is 5.96. The summed E-state index contributed by atoms with van der Waals surface area (Å²) in [4.78, 5) is 52.8. The zero-order valence-electron chi connectivity index (χ0n) is 18.9. The quantitative estimate of drug-likeness (QED) is 0.713. The molecule has 3 atom stereocenters. The Morgan fingerprint density at radius 1 is 1.15 bits per heavy atom. The van der Waals surface area contributed by atoms with Gasteiger partial charge < -0.3 is 19.9 Å². The van der Waals surface area contributed by atoms with Crippen LogP contribution in [0.1, 0.15) is 61.3 Å². The molecule has 176 valence electrons. The normalized spacial score (nSPS) is 20.7. The number of nitrogens with one attached hydrogen (secondary N) is 1. The van der Waals surface area contributed by atoms with E-state index in [1.165, 1.54) is 0 Å². The minimum absolute atomic E-state index is 0.00242. The standard InChI is InChI=1S/C22H26N4O3.C2H4O2/c1-2-6-20(27)24-12-19-16-11-15(18-8-5-9-21(28)26(18)19)13-25(14-16)22(29)17-7-3-4-10-23-17;1-2(3)4/h3-5,7-10,15-16,19H,2,6,11-14H2,1H3,(H,24,27);1H3,(H,3,4)/t15-,16+,19+;/m1./s1. The number of carbonyl (C=O) groups excluding carboxylic acids is 2. The SMILES string of the molecule is CC(=O)O.CCCC(=O)NC[C@H]1[C@H]2C[C@H](CN(C(=O)c3ccccn3)C2)c2cccc(=O)n21. The molecule has 0 saturated carbocycles. The van der Waals surface area contributed by atoms with E-state index in [0.29, 0.717) is 31.7 Å². The summed E-state index contributed by atoms with van der Waals surface area (Å²) in [6, 6.07) is 10.5. The van der Waals surface area contributed by atoms with Gasteiger partial charge in [-0.15, -0.1) is 0 Å². The average molecular weight is 455 g/mol. The van der Waals surface area contributed by atoms with Crippen molar-refractivity contribution in [2.45, 2.75) is 45.1 Å². The van der Waals surface area contributed by atoms with Crippen LogP contribution in [0, 0.1) is 5.92 Å². The fourth-order valence-electron chi connectivity index (χ4n) is 4.66. The fraction of sp³-hybridized carbons (Fsp3) is 0.458. The number of hydrogen-bond acceptors (Lipinski definition) is 5. The van der Waals surface area contributed by atoms with E-state index in [1.807, 2.05) is 28.5 Å². The number of carboxylic acid groups (broad SMARTS) is 1. The molecule has 2 bridgehead atoms. The van der Waals surface area contributed by atoms with Crippen LogP contribution in [-0.4, -0.2) is 57.0 Å². The summed E-state index contributed by atoms with van der Waals surface area (Å²) in [5.74, 6) is -0.702. The first kappa shape index (κ1) is 24.2. The highest BCUT2D eigenvalue weighted by molar-refractivity contribution is 5.92. The molecule has 0 spiro atoms. The van der Waals surface area contributed by atoms with Crippen LogP contribution in [0.4, 0.5) is 0 Å². The summed E-state index contributed by atoms with van der Waals surface area (Å²) >= 11 is 0. The summed E-state index contributed by atoms with van der Waals surface area (Å²) in [7, 11) is 0. The number of carboxylic acids is 1. The first-order valence-electron chi connectivity index (χ1n) is 11.2. The van der Waals surface area contributed by atoms with Gasteiger partial charge in [-0.1, -0.05) is 19.1 Å². The van der Waals surface area contributed by atoms with E-state index in [1.54, 1.807) is 30.5 Å². The summed E-state index contributed by atoms with van der Waals surface area (Å²) < 4.78 is 1.84. The van der Waals surface area contributed by atoms with E-state index < -0.39 is 5.97 Å². The zero-order valence-corrected chi connectivity index (χ0v) is 18.9. The van der Waals surface area contributed by atoms with Gasteiger partial charge in [-0.05, 0) is 37.0 Å². The Kier molecular flexibility index (Phi) is 7.97. The molecule has 33 heavy (non-hydrogen) atoms. The van der Waals surface area contributed by atoms with Gasteiger partial charge in [0, 0.05) is 56.9 Å². The summed E-state index contributed by atoms with van der Waals surface area (Å²) in [6.07, 6.45) is 3.79. The van der Waals surface area contributed by atoms with Gasteiger partial charge in [-0.25, -0.2) is 0 Å². The summed E-state index contributed by atoms with van der Waals surface area (Å²) in [5, 5.41) is 10.4. The van der Waals surface area contributed by atoms with Gasteiger partial charge in [0.15, 0.2) is 0 Å². The Hall–Kier alpha value is -3.49. The topological polar surface area (TPSA) is 122 Å². The van der Waals surface area contributed by atoms with Gasteiger partial charge in [0.2, 0.25) is 5.91 Å². The lowest BCUT2D eigenvalue weighted by atomic mass is 9.78.